The molecular weight excluding hydrogens is 533 g/mol. The molecule has 2 unspecified atom stereocenters. The Balaban J connectivity index is 1.33. The van der Waals surface area contributed by atoms with E-state index in [0.717, 1.165) is 19.9 Å². The summed E-state index contributed by atoms with van der Waals surface area (Å²) in [4.78, 5) is 38.2. The van der Waals surface area contributed by atoms with Crippen LogP contribution in [0.4, 0.5) is 35.3 Å². The van der Waals surface area contributed by atoms with Crippen LogP contribution >= 0.6 is 0 Å². The number of amides is 3. The smallest absolute Gasteiger partial charge is 0.408 e. The topological polar surface area (TPSA) is 118 Å². The van der Waals surface area contributed by atoms with Crippen molar-refractivity contribution in [2.75, 3.05) is 41.4 Å². The van der Waals surface area contributed by atoms with E-state index in [9.17, 15) is 22.8 Å². The van der Waals surface area contributed by atoms with Gasteiger partial charge in [0.15, 0.2) is 11.6 Å². The fourth-order valence-corrected chi connectivity index (χ4v) is 4.94. The van der Waals surface area contributed by atoms with Crippen molar-refractivity contribution in [1.29, 1.82) is 0 Å². The lowest BCUT2D eigenvalue weighted by Crippen LogP contribution is -2.56. The van der Waals surface area contributed by atoms with Crippen LogP contribution < -0.4 is 25.2 Å². The van der Waals surface area contributed by atoms with Crippen molar-refractivity contribution in [2.45, 2.75) is 63.8 Å². The number of rotatable bonds is 6. The molecule has 11 nitrogen and oxygen atoms in total. The van der Waals surface area contributed by atoms with E-state index in [1.807, 2.05) is 19.2 Å². The molecule has 0 spiro atoms. The standard InChI is InChI=1S/C26H31F3N6O5/c1-15(26(27,28)29)31-23(36)19-6-7-20-22(32-19)35(16-5-4-10-34(20)12-16)24(37)33-21-11-17(8-9-30-21)38-13-18-14-39-25(2,3)40-18/h6-9,11,15-16,18H,4-5,10,12-14H2,1-3H3,(H,31,36)(H,30,33,37)/t15?,16-,18?/m0/s1. The summed E-state index contributed by atoms with van der Waals surface area (Å²) < 4.78 is 56.1. The normalized spacial score (nSPS) is 22.4. The number of nitrogens with zero attached hydrogens (tertiary/aromatic N) is 4. The zero-order chi connectivity index (χ0) is 28.7. The minimum absolute atomic E-state index is 0.203. The molecule has 216 valence electrons. The molecule has 2 N–H and O–H groups in total. The molecule has 3 aliphatic heterocycles. The number of pyridine rings is 2. The monoisotopic (exact) mass is 564 g/mol. The summed E-state index contributed by atoms with van der Waals surface area (Å²) in [5, 5.41) is 4.69. The fraction of sp³-hybridized carbons (Fsp3) is 0.538. The van der Waals surface area contributed by atoms with Gasteiger partial charge < -0.3 is 24.4 Å². The van der Waals surface area contributed by atoms with Crippen LogP contribution in [0.3, 0.4) is 0 Å². The maximum absolute atomic E-state index is 13.6. The van der Waals surface area contributed by atoms with Gasteiger partial charge >= 0.3 is 12.2 Å². The summed E-state index contributed by atoms with van der Waals surface area (Å²) in [6, 6.07) is 3.38. The zero-order valence-corrected chi connectivity index (χ0v) is 22.3. The molecule has 3 atom stereocenters. The number of fused-ring (bicyclic) bond motifs is 4. The van der Waals surface area contributed by atoms with E-state index in [2.05, 4.69) is 20.2 Å². The number of piperidine rings is 1. The van der Waals surface area contributed by atoms with E-state index in [4.69, 9.17) is 14.2 Å². The molecule has 5 heterocycles. The van der Waals surface area contributed by atoms with Crippen molar-refractivity contribution >= 4 is 29.3 Å². The number of carbonyl (C=O) groups excluding carboxylic acids is 2. The molecule has 2 fully saturated rings. The molecule has 2 aromatic rings. The van der Waals surface area contributed by atoms with E-state index in [1.165, 1.54) is 17.2 Å². The van der Waals surface area contributed by atoms with Crippen LogP contribution in [0.25, 0.3) is 0 Å². The van der Waals surface area contributed by atoms with E-state index >= 15 is 0 Å². The largest absolute Gasteiger partial charge is 0.491 e. The van der Waals surface area contributed by atoms with Gasteiger partial charge in [-0.25, -0.2) is 14.8 Å². The van der Waals surface area contributed by atoms with Gasteiger partial charge in [0.2, 0.25) is 0 Å². The molecule has 14 heteroatoms. The van der Waals surface area contributed by atoms with Crippen LogP contribution in [-0.2, 0) is 9.47 Å². The van der Waals surface area contributed by atoms with Crippen molar-refractivity contribution < 1.29 is 37.0 Å². The molecule has 0 aromatic carbocycles. The molecule has 2 saturated heterocycles. The number of alkyl halides is 3. The van der Waals surface area contributed by atoms with E-state index in [0.29, 0.717) is 31.0 Å². The predicted octanol–water partition coefficient (Wildman–Crippen LogP) is 3.71. The van der Waals surface area contributed by atoms with Gasteiger partial charge in [-0.3, -0.25) is 15.0 Å². The van der Waals surface area contributed by atoms with Crippen LogP contribution in [0.2, 0.25) is 0 Å². The average Bonchev–Trinajstić information content (AvgIpc) is 3.25. The minimum atomic E-state index is -4.60. The van der Waals surface area contributed by atoms with Crippen LogP contribution in [0.15, 0.2) is 30.5 Å². The Morgan fingerprint density at radius 1 is 1.27 bits per heavy atom. The third-order valence-corrected chi connectivity index (χ3v) is 6.94. The molecule has 3 aliphatic rings. The van der Waals surface area contributed by atoms with E-state index in [-0.39, 0.29) is 36.1 Å². The molecular formula is C26H31F3N6O5. The molecule has 2 aromatic heterocycles. The first-order valence-electron chi connectivity index (χ1n) is 13.0. The summed E-state index contributed by atoms with van der Waals surface area (Å²) in [7, 11) is 0. The lowest BCUT2D eigenvalue weighted by Gasteiger charge is -2.45. The molecule has 0 saturated carbocycles. The Morgan fingerprint density at radius 3 is 2.80 bits per heavy atom. The SMILES string of the molecule is CC(NC(=O)c1ccc2c(n1)N(C(=O)Nc1cc(OCC3COC(C)(C)O3)ccn1)[C@H]1CCCN2C1)C(F)(F)F. The highest BCUT2D eigenvalue weighted by molar-refractivity contribution is 6.04. The lowest BCUT2D eigenvalue weighted by molar-refractivity contribution is -0.149. The number of anilines is 3. The predicted molar refractivity (Wildman–Crippen MR) is 139 cm³/mol. The van der Waals surface area contributed by atoms with Crippen LogP contribution in [0.1, 0.15) is 44.1 Å². The van der Waals surface area contributed by atoms with E-state index in [1.54, 1.807) is 18.2 Å². The van der Waals surface area contributed by atoms with Gasteiger partial charge in [-0.05, 0) is 51.8 Å². The zero-order valence-electron chi connectivity index (χ0n) is 22.3. The maximum Gasteiger partial charge on any atom is 0.408 e. The molecule has 3 amide bonds. The van der Waals surface area contributed by atoms with Crippen molar-refractivity contribution in [1.82, 2.24) is 15.3 Å². The molecule has 40 heavy (non-hydrogen) atoms. The molecule has 5 rings (SSSR count). The van der Waals surface area contributed by atoms with Gasteiger partial charge in [0.25, 0.3) is 5.91 Å². The summed E-state index contributed by atoms with van der Waals surface area (Å²) in [6.45, 7) is 6.46. The second-order valence-corrected chi connectivity index (χ2v) is 10.5. The van der Waals surface area contributed by atoms with Gasteiger partial charge in [0.05, 0.1) is 18.3 Å². The van der Waals surface area contributed by atoms with Crippen molar-refractivity contribution in [2.24, 2.45) is 0 Å². The minimum Gasteiger partial charge on any atom is -0.491 e. The average molecular weight is 565 g/mol. The Kier molecular flexibility index (Phi) is 7.48. The van der Waals surface area contributed by atoms with Crippen molar-refractivity contribution in [3.63, 3.8) is 0 Å². The second-order valence-electron chi connectivity index (χ2n) is 10.5. The number of halogens is 3. The van der Waals surface area contributed by atoms with Gasteiger partial charge in [-0.1, -0.05) is 0 Å². The number of carbonyl (C=O) groups is 2. The number of nitrogens with one attached hydrogen (secondary N) is 2. The Morgan fingerprint density at radius 2 is 2.08 bits per heavy atom. The Hall–Kier alpha value is -3.65. The van der Waals surface area contributed by atoms with Gasteiger partial charge in [0, 0.05) is 25.4 Å². The highest BCUT2D eigenvalue weighted by Gasteiger charge is 2.40. The summed E-state index contributed by atoms with van der Waals surface area (Å²) >= 11 is 0. The van der Waals surface area contributed by atoms with Crippen molar-refractivity contribution in [3.05, 3.63) is 36.2 Å². The quantitative estimate of drug-likeness (QED) is 0.546. The highest BCUT2D eigenvalue weighted by atomic mass is 19.4. The highest BCUT2D eigenvalue weighted by Crippen LogP contribution is 2.38. The first-order chi connectivity index (χ1) is 18.9. The van der Waals surface area contributed by atoms with Crippen molar-refractivity contribution in [3.8, 4) is 5.75 Å². The van der Waals surface area contributed by atoms with Crippen LogP contribution in [-0.4, -0.2) is 78.4 Å². The first-order valence-corrected chi connectivity index (χ1v) is 13.0. The van der Waals surface area contributed by atoms with Gasteiger partial charge in [-0.15, -0.1) is 0 Å². The van der Waals surface area contributed by atoms with Crippen LogP contribution in [0, 0.1) is 0 Å². The van der Waals surface area contributed by atoms with Gasteiger partial charge in [-0.2, -0.15) is 13.2 Å². The lowest BCUT2D eigenvalue weighted by atomic mass is 9.99. The van der Waals surface area contributed by atoms with E-state index < -0.39 is 29.9 Å². The number of urea groups is 1. The molecule has 0 aliphatic carbocycles. The summed E-state index contributed by atoms with van der Waals surface area (Å²) in [5.74, 6) is -0.744. The maximum atomic E-state index is 13.6. The number of aromatic nitrogens is 2. The first kappa shape index (κ1) is 27.9. The molecule has 0 radical (unpaired) electrons. The van der Waals surface area contributed by atoms with Crippen LogP contribution in [0.5, 0.6) is 5.75 Å². The number of ether oxygens (including phenoxy) is 3. The fourth-order valence-electron chi connectivity index (χ4n) is 4.94. The number of hydrogen-bond donors (Lipinski definition) is 2. The third-order valence-electron chi connectivity index (χ3n) is 6.94. The Bertz CT molecular complexity index is 1280. The summed E-state index contributed by atoms with van der Waals surface area (Å²) in [5.41, 5.74) is 0.405. The summed E-state index contributed by atoms with van der Waals surface area (Å²) in [6.07, 6.45) is -1.81. The second kappa shape index (κ2) is 10.7. The number of hydrogen-bond acceptors (Lipinski definition) is 8. The molecule has 2 bridgehead atoms. The van der Waals surface area contributed by atoms with Gasteiger partial charge in [0.1, 0.15) is 36.0 Å². The Labute approximate surface area is 229 Å². The third kappa shape index (κ3) is 6.07.